The van der Waals surface area contributed by atoms with Crippen LogP contribution < -0.4 is 9.62 Å². The fourth-order valence-electron chi connectivity index (χ4n) is 3.24. The molecule has 0 saturated carbocycles. The Hall–Kier alpha value is -2.12. The number of nitrogens with one attached hydrogen (secondary N) is 1. The van der Waals surface area contributed by atoms with Gasteiger partial charge in [-0.25, -0.2) is 13.1 Å². The van der Waals surface area contributed by atoms with Crippen LogP contribution in [0.5, 0.6) is 0 Å². The fourth-order valence-corrected chi connectivity index (χ4v) is 4.34. The molecule has 23 heavy (non-hydrogen) atoms. The van der Waals surface area contributed by atoms with Gasteiger partial charge in [0, 0.05) is 13.0 Å². The first-order valence-corrected chi connectivity index (χ1v) is 9.01. The Morgan fingerprint density at radius 2 is 1.96 bits per heavy atom. The molecule has 0 aliphatic carbocycles. The first-order chi connectivity index (χ1) is 11.0. The zero-order valence-electron chi connectivity index (χ0n) is 12.4. The van der Waals surface area contributed by atoms with Crippen LogP contribution in [0.15, 0.2) is 39.8 Å². The van der Waals surface area contributed by atoms with E-state index in [0.717, 1.165) is 16.8 Å². The van der Waals surface area contributed by atoms with E-state index >= 15 is 0 Å². The molecular formula is C16H16N2O4S. The molecule has 0 fully saturated rings. The van der Waals surface area contributed by atoms with E-state index in [0.29, 0.717) is 31.6 Å². The molecule has 0 atom stereocenters. The molecule has 0 unspecified atom stereocenters. The summed E-state index contributed by atoms with van der Waals surface area (Å²) in [6, 6.07) is 6.81. The van der Waals surface area contributed by atoms with Gasteiger partial charge in [-0.2, -0.15) is 0 Å². The van der Waals surface area contributed by atoms with Gasteiger partial charge in [-0.3, -0.25) is 4.79 Å². The van der Waals surface area contributed by atoms with E-state index < -0.39 is 10.0 Å². The predicted octanol–water partition coefficient (Wildman–Crippen LogP) is 1.59. The van der Waals surface area contributed by atoms with E-state index in [1.165, 1.54) is 6.26 Å². The third-order valence-electron chi connectivity index (χ3n) is 4.35. The maximum Gasteiger partial charge on any atom is 0.240 e. The number of carbonyl (C=O) groups excluding carboxylic acids is 1. The van der Waals surface area contributed by atoms with Gasteiger partial charge >= 0.3 is 0 Å². The third kappa shape index (κ3) is 2.46. The van der Waals surface area contributed by atoms with Crippen molar-refractivity contribution in [1.82, 2.24) is 4.72 Å². The molecule has 0 spiro atoms. The van der Waals surface area contributed by atoms with E-state index in [1.54, 1.807) is 29.2 Å². The van der Waals surface area contributed by atoms with Crippen LogP contribution in [0.25, 0.3) is 0 Å². The number of amides is 1. The Morgan fingerprint density at radius 1 is 1.17 bits per heavy atom. The molecule has 7 heteroatoms. The maximum atomic E-state index is 12.5. The molecule has 1 amide bonds. The average Bonchev–Trinajstić information content (AvgIpc) is 3.19. The van der Waals surface area contributed by atoms with Crippen LogP contribution in [0.2, 0.25) is 0 Å². The van der Waals surface area contributed by atoms with Crippen LogP contribution >= 0.6 is 0 Å². The molecule has 0 radical (unpaired) electrons. The SMILES string of the molecule is O=C1CCc2cc(S(=O)(=O)NCc3ccco3)cc3c2N1CC3. The molecule has 3 heterocycles. The van der Waals surface area contributed by atoms with Crippen molar-refractivity contribution in [3.05, 3.63) is 47.4 Å². The molecule has 6 nitrogen and oxygen atoms in total. The first-order valence-electron chi connectivity index (χ1n) is 7.53. The minimum atomic E-state index is -3.61. The highest BCUT2D eigenvalue weighted by Crippen LogP contribution is 2.38. The lowest BCUT2D eigenvalue weighted by Crippen LogP contribution is -2.33. The lowest BCUT2D eigenvalue weighted by atomic mass is 10.00. The van der Waals surface area contributed by atoms with Gasteiger partial charge < -0.3 is 9.32 Å². The van der Waals surface area contributed by atoms with Gasteiger partial charge in [-0.15, -0.1) is 0 Å². The normalized spacial score (nSPS) is 16.7. The van der Waals surface area contributed by atoms with E-state index in [1.807, 2.05) is 0 Å². The average molecular weight is 332 g/mol. The molecule has 2 aliphatic heterocycles. The quantitative estimate of drug-likeness (QED) is 0.922. The number of rotatable bonds is 4. The fraction of sp³-hybridized carbons (Fsp3) is 0.312. The maximum absolute atomic E-state index is 12.5. The second kappa shape index (κ2) is 5.21. The second-order valence-corrected chi connectivity index (χ2v) is 7.56. The Morgan fingerprint density at radius 3 is 2.70 bits per heavy atom. The number of aryl methyl sites for hydroxylation is 1. The zero-order chi connectivity index (χ0) is 16.0. The van der Waals surface area contributed by atoms with Gasteiger partial charge in [0.1, 0.15) is 5.76 Å². The number of anilines is 1. The molecule has 1 aromatic carbocycles. The van der Waals surface area contributed by atoms with Crippen molar-refractivity contribution in [2.75, 3.05) is 11.4 Å². The number of benzene rings is 1. The highest BCUT2D eigenvalue weighted by Gasteiger charge is 2.32. The van der Waals surface area contributed by atoms with Crippen molar-refractivity contribution in [3.8, 4) is 0 Å². The van der Waals surface area contributed by atoms with Gasteiger partial charge in [-0.1, -0.05) is 0 Å². The van der Waals surface area contributed by atoms with Gasteiger partial charge in [-0.05, 0) is 48.2 Å². The Balaban J connectivity index is 1.66. The number of sulfonamides is 1. The molecule has 0 bridgehead atoms. The third-order valence-corrected chi connectivity index (χ3v) is 5.73. The lowest BCUT2D eigenvalue weighted by molar-refractivity contribution is -0.118. The minimum Gasteiger partial charge on any atom is -0.468 e. The molecule has 2 aromatic rings. The van der Waals surface area contributed by atoms with Crippen molar-refractivity contribution >= 4 is 21.6 Å². The molecule has 4 rings (SSSR count). The Labute approximate surface area is 134 Å². The van der Waals surface area contributed by atoms with Crippen molar-refractivity contribution < 1.29 is 17.6 Å². The summed E-state index contributed by atoms with van der Waals surface area (Å²) in [4.78, 5) is 14.0. The largest absolute Gasteiger partial charge is 0.468 e. The Kier molecular flexibility index (Phi) is 3.28. The highest BCUT2D eigenvalue weighted by atomic mass is 32.2. The molecular weight excluding hydrogens is 316 g/mol. The van der Waals surface area contributed by atoms with Crippen LogP contribution in [-0.2, 0) is 34.2 Å². The van der Waals surface area contributed by atoms with Gasteiger partial charge in [0.25, 0.3) is 0 Å². The standard InChI is InChI=1S/C16H16N2O4S/c19-15-4-3-11-8-14(9-12-5-6-18(15)16(11)12)23(20,21)17-10-13-2-1-7-22-13/h1-2,7-9,17H,3-6,10H2. The van der Waals surface area contributed by atoms with Gasteiger partial charge in [0.2, 0.25) is 15.9 Å². The summed E-state index contributed by atoms with van der Waals surface area (Å²) in [6.07, 6.45) is 3.25. The second-order valence-electron chi connectivity index (χ2n) is 5.79. The van der Waals surface area contributed by atoms with E-state index in [9.17, 15) is 13.2 Å². The summed E-state index contributed by atoms with van der Waals surface area (Å²) in [7, 11) is -3.61. The zero-order valence-corrected chi connectivity index (χ0v) is 13.2. The van der Waals surface area contributed by atoms with Crippen molar-refractivity contribution in [3.63, 3.8) is 0 Å². The van der Waals surface area contributed by atoms with Crippen LogP contribution in [0, 0.1) is 0 Å². The number of nitrogens with zero attached hydrogens (tertiary/aromatic N) is 1. The smallest absolute Gasteiger partial charge is 0.240 e. The van der Waals surface area contributed by atoms with Gasteiger partial charge in [0.15, 0.2) is 0 Å². The number of hydrogen-bond donors (Lipinski definition) is 1. The predicted molar refractivity (Wildman–Crippen MR) is 83.6 cm³/mol. The summed E-state index contributed by atoms with van der Waals surface area (Å²) in [5.41, 5.74) is 2.80. The van der Waals surface area contributed by atoms with E-state index in [-0.39, 0.29) is 17.3 Å². The van der Waals surface area contributed by atoms with Crippen LogP contribution in [0.1, 0.15) is 23.3 Å². The van der Waals surface area contributed by atoms with Crippen molar-refractivity contribution in [2.45, 2.75) is 30.7 Å². The number of hydrogen-bond acceptors (Lipinski definition) is 4. The van der Waals surface area contributed by atoms with Crippen LogP contribution in [0.4, 0.5) is 5.69 Å². The van der Waals surface area contributed by atoms with Crippen molar-refractivity contribution in [2.24, 2.45) is 0 Å². The van der Waals surface area contributed by atoms with Crippen molar-refractivity contribution in [1.29, 1.82) is 0 Å². The molecule has 2 aliphatic rings. The first kappa shape index (κ1) is 14.5. The molecule has 0 saturated heterocycles. The summed E-state index contributed by atoms with van der Waals surface area (Å²) in [5.74, 6) is 0.690. The summed E-state index contributed by atoms with van der Waals surface area (Å²) in [6.45, 7) is 0.761. The lowest BCUT2D eigenvalue weighted by Gasteiger charge is -2.25. The monoisotopic (exact) mass is 332 g/mol. The minimum absolute atomic E-state index is 0.117. The van der Waals surface area contributed by atoms with Gasteiger partial charge in [0.05, 0.1) is 23.4 Å². The highest BCUT2D eigenvalue weighted by molar-refractivity contribution is 7.89. The number of furan rings is 1. The van der Waals surface area contributed by atoms with Crippen LogP contribution in [0.3, 0.4) is 0 Å². The van der Waals surface area contributed by atoms with E-state index in [4.69, 9.17) is 4.42 Å². The molecule has 120 valence electrons. The molecule has 1 aromatic heterocycles. The van der Waals surface area contributed by atoms with Crippen LogP contribution in [-0.4, -0.2) is 20.9 Å². The topological polar surface area (TPSA) is 79.6 Å². The molecule has 1 N–H and O–H groups in total. The summed E-state index contributed by atoms with van der Waals surface area (Å²) >= 11 is 0. The Bertz CT molecular complexity index is 872. The summed E-state index contributed by atoms with van der Waals surface area (Å²) < 4.78 is 32.8. The number of carbonyl (C=O) groups is 1. The van der Waals surface area contributed by atoms with E-state index in [2.05, 4.69) is 4.72 Å². The summed E-state index contributed by atoms with van der Waals surface area (Å²) in [5, 5.41) is 0.